The van der Waals surface area contributed by atoms with Crippen LogP contribution in [0.25, 0.3) is 0 Å². The molecule has 1 aliphatic rings. The van der Waals surface area contributed by atoms with Crippen LogP contribution >= 0.6 is 0 Å². The van der Waals surface area contributed by atoms with E-state index in [1.165, 1.54) is 50.0 Å². The lowest BCUT2D eigenvalue weighted by Gasteiger charge is -2.32. The van der Waals surface area contributed by atoms with E-state index in [2.05, 4.69) is 48.3 Å². The van der Waals surface area contributed by atoms with Crippen molar-refractivity contribution in [3.05, 3.63) is 35.4 Å². The fraction of sp³-hybridized carbons (Fsp3) is 0.647. The standard InChI is InChI=1S/C17H28N2/c1-3-11-18-17-9-12-19(13-10-17)14-16-8-6-5-7-15(16)4-2/h5-8,17-18H,3-4,9-14H2,1-2H3. The van der Waals surface area contributed by atoms with Gasteiger partial charge in [0.15, 0.2) is 0 Å². The van der Waals surface area contributed by atoms with Gasteiger partial charge in [-0.25, -0.2) is 0 Å². The molecule has 1 saturated heterocycles. The summed E-state index contributed by atoms with van der Waals surface area (Å²) < 4.78 is 0. The van der Waals surface area contributed by atoms with E-state index in [1.54, 1.807) is 0 Å². The number of benzene rings is 1. The molecule has 0 bridgehead atoms. The SMILES string of the molecule is CCCNC1CCN(Cc2ccccc2CC)CC1. The van der Waals surface area contributed by atoms with Crippen LogP contribution in [0.15, 0.2) is 24.3 Å². The van der Waals surface area contributed by atoms with E-state index < -0.39 is 0 Å². The van der Waals surface area contributed by atoms with Gasteiger partial charge in [0, 0.05) is 12.6 Å². The van der Waals surface area contributed by atoms with Gasteiger partial charge in [-0.15, -0.1) is 0 Å². The lowest BCUT2D eigenvalue weighted by molar-refractivity contribution is 0.190. The zero-order valence-electron chi connectivity index (χ0n) is 12.5. The molecule has 1 heterocycles. The van der Waals surface area contributed by atoms with Gasteiger partial charge in [0.1, 0.15) is 0 Å². The number of nitrogens with one attached hydrogen (secondary N) is 1. The van der Waals surface area contributed by atoms with Crippen LogP contribution in [0.4, 0.5) is 0 Å². The van der Waals surface area contributed by atoms with Crippen LogP contribution in [0.3, 0.4) is 0 Å². The highest BCUT2D eigenvalue weighted by Gasteiger charge is 2.18. The minimum Gasteiger partial charge on any atom is -0.314 e. The maximum atomic E-state index is 3.65. The molecule has 0 amide bonds. The number of hydrogen-bond donors (Lipinski definition) is 1. The van der Waals surface area contributed by atoms with E-state index in [1.807, 2.05) is 0 Å². The highest BCUT2D eigenvalue weighted by atomic mass is 15.1. The zero-order chi connectivity index (χ0) is 13.5. The Morgan fingerprint density at radius 3 is 2.42 bits per heavy atom. The van der Waals surface area contributed by atoms with Gasteiger partial charge in [-0.2, -0.15) is 0 Å². The fourth-order valence-corrected chi connectivity index (χ4v) is 2.94. The van der Waals surface area contributed by atoms with E-state index in [0.717, 1.165) is 19.0 Å². The Hall–Kier alpha value is -0.860. The second kappa shape index (κ2) is 7.66. The minimum atomic E-state index is 0.748. The molecule has 106 valence electrons. The van der Waals surface area contributed by atoms with Crippen molar-refractivity contribution in [2.45, 2.75) is 52.1 Å². The molecule has 1 aliphatic heterocycles. The summed E-state index contributed by atoms with van der Waals surface area (Å²) in [5.41, 5.74) is 3.03. The fourth-order valence-electron chi connectivity index (χ4n) is 2.94. The van der Waals surface area contributed by atoms with Gasteiger partial charge in [-0.3, -0.25) is 4.90 Å². The first-order valence-electron chi connectivity index (χ1n) is 7.86. The largest absolute Gasteiger partial charge is 0.314 e. The predicted octanol–water partition coefficient (Wildman–Crippen LogP) is 3.21. The van der Waals surface area contributed by atoms with E-state index in [4.69, 9.17) is 0 Å². The number of nitrogens with zero attached hydrogens (tertiary/aromatic N) is 1. The molecule has 2 rings (SSSR count). The monoisotopic (exact) mass is 260 g/mol. The number of rotatable bonds is 6. The third-order valence-corrected chi connectivity index (χ3v) is 4.16. The molecule has 0 radical (unpaired) electrons. The van der Waals surface area contributed by atoms with E-state index >= 15 is 0 Å². The Morgan fingerprint density at radius 1 is 1.11 bits per heavy atom. The lowest BCUT2D eigenvalue weighted by atomic mass is 10.0. The van der Waals surface area contributed by atoms with Gasteiger partial charge in [0.2, 0.25) is 0 Å². The Balaban J connectivity index is 1.82. The normalized spacial score (nSPS) is 17.8. The van der Waals surface area contributed by atoms with Crippen LogP contribution in [0, 0.1) is 0 Å². The summed E-state index contributed by atoms with van der Waals surface area (Å²) in [7, 11) is 0. The Morgan fingerprint density at radius 2 is 1.79 bits per heavy atom. The van der Waals surface area contributed by atoms with Crippen molar-refractivity contribution in [2.75, 3.05) is 19.6 Å². The molecule has 0 spiro atoms. The summed E-state index contributed by atoms with van der Waals surface area (Å²) in [5.74, 6) is 0. The van der Waals surface area contributed by atoms with Gasteiger partial charge in [-0.1, -0.05) is 38.1 Å². The van der Waals surface area contributed by atoms with Crippen molar-refractivity contribution < 1.29 is 0 Å². The van der Waals surface area contributed by atoms with Gasteiger partial charge >= 0.3 is 0 Å². The number of hydrogen-bond acceptors (Lipinski definition) is 2. The van der Waals surface area contributed by atoms with E-state index in [-0.39, 0.29) is 0 Å². The first kappa shape index (κ1) is 14.5. The Labute approximate surface area is 118 Å². The van der Waals surface area contributed by atoms with Gasteiger partial charge in [-0.05, 0) is 56.4 Å². The van der Waals surface area contributed by atoms with Gasteiger partial charge in [0.25, 0.3) is 0 Å². The zero-order valence-corrected chi connectivity index (χ0v) is 12.5. The average molecular weight is 260 g/mol. The van der Waals surface area contributed by atoms with Crippen LogP contribution in [0.1, 0.15) is 44.2 Å². The molecular formula is C17H28N2. The predicted molar refractivity (Wildman–Crippen MR) is 82.4 cm³/mol. The quantitative estimate of drug-likeness (QED) is 0.845. The van der Waals surface area contributed by atoms with Crippen molar-refractivity contribution in [3.8, 4) is 0 Å². The molecule has 0 aromatic heterocycles. The van der Waals surface area contributed by atoms with E-state index in [9.17, 15) is 0 Å². The van der Waals surface area contributed by atoms with E-state index in [0.29, 0.717) is 0 Å². The molecule has 1 aromatic carbocycles. The van der Waals surface area contributed by atoms with Crippen LogP contribution < -0.4 is 5.32 Å². The topological polar surface area (TPSA) is 15.3 Å². The number of likely N-dealkylation sites (tertiary alicyclic amines) is 1. The average Bonchev–Trinajstić information content (AvgIpc) is 2.47. The van der Waals surface area contributed by atoms with Crippen molar-refractivity contribution >= 4 is 0 Å². The molecular weight excluding hydrogens is 232 g/mol. The Kier molecular flexibility index (Phi) is 5.87. The molecule has 0 unspecified atom stereocenters. The third kappa shape index (κ3) is 4.32. The summed E-state index contributed by atoms with van der Waals surface area (Å²) in [5, 5.41) is 3.65. The van der Waals surface area contributed by atoms with Crippen LogP contribution in [0.5, 0.6) is 0 Å². The molecule has 1 fully saturated rings. The maximum absolute atomic E-state index is 3.65. The number of piperidine rings is 1. The van der Waals surface area contributed by atoms with Gasteiger partial charge in [0.05, 0.1) is 0 Å². The second-order valence-electron chi connectivity index (χ2n) is 5.63. The first-order valence-corrected chi connectivity index (χ1v) is 7.86. The Bertz CT molecular complexity index is 367. The molecule has 0 atom stereocenters. The summed E-state index contributed by atoms with van der Waals surface area (Å²) >= 11 is 0. The summed E-state index contributed by atoms with van der Waals surface area (Å²) in [4.78, 5) is 2.61. The summed E-state index contributed by atoms with van der Waals surface area (Å²) in [6, 6.07) is 9.64. The smallest absolute Gasteiger partial charge is 0.0236 e. The van der Waals surface area contributed by atoms with Crippen molar-refractivity contribution in [1.29, 1.82) is 0 Å². The van der Waals surface area contributed by atoms with Crippen molar-refractivity contribution in [3.63, 3.8) is 0 Å². The molecule has 1 N–H and O–H groups in total. The highest BCUT2D eigenvalue weighted by molar-refractivity contribution is 5.26. The highest BCUT2D eigenvalue weighted by Crippen LogP contribution is 2.17. The van der Waals surface area contributed by atoms with Crippen LogP contribution in [-0.4, -0.2) is 30.6 Å². The molecule has 0 saturated carbocycles. The second-order valence-corrected chi connectivity index (χ2v) is 5.63. The molecule has 19 heavy (non-hydrogen) atoms. The lowest BCUT2D eigenvalue weighted by Crippen LogP contribution is -2.42. The molecule has 0 aliphatic carbocycles. The van der Waals surface area contributed by atoms with Crippen LogP contribution in [0.2, 0.25) is 0 Å². The molecule has 2 heteroatoms. The first-order chi connectivity index (χ1) is 9.33. The van der Waals surface area contributed by atoms with Crippen LogP contribution in [-0.2, 0) is 13.0 Å². The minimum absolute atomic E-state index is 0.748. The van der Waals surface area contributed by atoms with Gasteiger partial charge < -0.3 is 5.32 Å². The van der Waals surface area contributed by atoms with Crippen molar-refractivity contribution in [2.24, 2.45) is 0 Å². The molecule has 1 aromatic rings. The van der Waals surface area contributed by atoms with Crippen molar-refractivity contribution in [1.82, 2.24) is 10.2 Å². The summed E-state index contributed by atoms with van der Waals surface area (Å²) in [6.45, 7) is 9.26. The maximum Gasteiger partial charge on any atom is 0.0236 e. The third-order valence-electron chi connectivity index (χ3n) is 4.16. The molecule has 2 nitrogen and oxygen atoms in total. The summed E-state index contributed by atoms with van der Waals surface area (Å²) in [6.07, 6.45) is 4.98. The number of aryl methyl sites for hydroxylation is 1.